The smallest absolute Gasteiger partial charge is 0.268 e. The van der Waals surface area contributed by atoms with Gasteiger partial charge in [0.15, 0.2) is 0 Å². The number of hydrogen-bond donors (Lipinski definition) is 4. The Bertz CT molecular complexity index is 1700. The molecule has 3 aromatic rings. The number of nitrogens with one attached hydrogen (secondary N) is 3. The number of aromatic nitrogens is 1. The van der Waals surface area contributed by atoms with Gasteiger partial charge in [-0.1, -0.05) is 44.2 Å². The summed E-state index contributed by atoms with van der Waals surface area (Å²) in [6.45, 7) is 8.34. The summed E-state index contributed by atoms with van der Waals surface area (Å²) in [5.74, 6) is -3.11. The van der Waals surface area contributed by atoms with Crippen molar-refractivity contribution < 1.29 is 28.7 Å². The van der Waals surface area contributed by atoms with E-state index in [1.54, 1.807) is 56.3 Å². The molecule has 0 aliphatic heterocycles. The van der Waals surface area contributed by atoms with Crippen LogP contribution in [0.15, 0.2) is 60.3 Å². The van der Waals surface area contributed by atoms with Crippen LogP contribution in [-0.4, -0.2) is 59.0 Å². The maximum Gasteiger partial charge on any atom is 0.268 e. The second-order valence-electron chi connectivity index (χ2n) is 11.5. The fourth-order valence-electron chi connectivity index (χ4n) is 4.57. The summed E-state index contributed by atoms with van der Waals surface area (Å²) in [5, 5.41) is 28.3. The third-order valence-electron chi connectivity index (χ3n) is 7.08. The van der Waals surface area contributed by atoms with Gasteiger partial charge in [-0.3, -0.25) is 19.2 Å². The van der Waals surface area contributed by atoms with Crippen LogP contribution in [-0.2, 0) is 27.3 Å². The molecule has 0 bridgehead atoms. The fraction of sp³-hybridized carbons (Fsp3) is 0.353. The third-order valence-corrected chi connectivity index (χ3v) is 8.00. The molecular formula is C34H39FN6O5S. The average molecular weight is 663 g/mol. The number of aliphatic hydroxyl groups is 1. The molecule has 0 spiro atoms. The molecule has 0 saturated heterocycles. The van der Waals surface area contributed by atoms with E-state index in [4.69, 9.17) is 0 Å². The van der Waals surface area contributed by atoms with Crippen LogP contribution in [0.25, 0.3) is 0 Å². The first-order valence-corrected chi connectivity index (χ1v) is 15.7. The number of hydrogen-bond acceptors (Lipinski definition) is 8. The number of anilines is 1. The van der Waals surface area contributed by atoms with Crippen LogP contribution in [0.1, 0.15) is 52.1 Å². The van der Waals surface area contributed by atoms with Gasteiger partial charge in [0.2, 0.25) is 11.8 Å². The molecule has 3 atom stereocenters. The molecule has 0 fully saturated rings. The minimum atomic E-state index is -1.41. The number of nitrogens with zero attached hydrogens (tertiary/aromatic N) is 3. The van der Waals surface area contributed by atoms with E-state index in [0.29, 0.717) is 21.8 Å². The van der Waals surface area contributed by atoms with E-state index >= 15 is 0 Å². The van der Waals surface area contributed by atoms with Crippen molar-refractivity contribution in [1.82, 2.24) is 20.9 Å². The van der Waals surface area contributed by atoms with E-state index in [2.05, 4.69) is 20.9 Å². The molecule has 47 heavy (non-hydrogen) atoms. The highest BCUT2D eigenvalue weighted by Crippen LogP contribution is 2.19. The zero-order chi connectivity index (χ0) is 34.8. The largest absolute Gasteiger partial charge is 0.391 e. The number of likely N-dealkylation sites (N-methyl/N-ethyl adjacent to an activating group) is 1. The summed E-state index contributed by atoms with van der Waals surface area (Å²) >= 11 is 1.12. The summed E-state index contributed by atoms with van der Waals surface area (Å²) in [6.07, 6.45) is 1.54. The Morgan fingerprint density at radius 1 is 1.09 bits per heavy atom. The molecule has 2 aromatic carbocycles. The zero-order valence-electron chi connectivity index (χ0n) is 27.1. The lowest BCUT2D eigenvalue weighted by atomic mass is 10.0. The Labute approximate surface area is 277 Å². The molecule has 248 valence electrons. The normalized spacial score (nSPS) is 13.2. The summed E-state index contributed by atoms with van der Waals surface area (Å²) in [5.41, 5.74) is 1.94. The van der Waals surface area contributed by atoms with Crippen LogP contribution < -0.4 is 20.9 Å². The van der Waals surface area contributed by atoms with Crippen molar-refractivity contribution in [2.24, 2.45) is 5.92 Å². The van der Waals surface area contributed by atoms with Crippen LogP contribution in [0, 0.1) is 36.9 Å². The third kappa shape index (κ3) is 10.3. The first-order valence-electron chi connectivity index (χ1n) is 14.9. The second kappa shape index (κ2) is 16.6. The van der Waals surface area contributed by atoms with Gasteiger partial charge >= 0.3 is 0 Å². The molecule has 0 aliphatic rings. The number of carbonyl (C=O) groups is 4. The van der Waals surface area contributed by atoms with Crippen molar-refractivity contribution in [3.05, 3.63) is 92.7 Å². The molecule has 0 aliphatic carbocycles. The SMILES string of the molecule is Cc1ccc(CNC(=O)C(Cc2cccc(N(C)C(=O)C(C#N)=CC(C)C)c2)NC(=O)C(NC(=O)c2cnc(C)s2)C(C)O)c(F)c1. The van der Waals surface area contributed by atoms with E-state index in [1.165, 1.54) is 31.1 Å². The van der Waals surface area contributed by atoms with Gasteiger partial charge in [0.1, 0.15) is 34.4 Å². The van der Waals surface area contributed by atoms with Gasteiger partial charge in [0, 0.05) is 31.3 Å². The van der Waals surface area contributed by atoms with Crippen LogP contribution in [0.2, 0.25) is 0 Å². The standard InChI is InChI=1S/C34H39FN6O5S/c1-19(2)12-25(16-36)34(46)41(6)26-9-7-8-23(14-26)15-28(31(43)38-17-24-11-10-20(3)13-27(24)35)39-33(45)30(21(4)42)40-32(44)29-18-37-22(5)47-29/h7-14,18-19,21,28,30,42H,15,17H2,1-6H3,(H,38,43)(H,39,45)(H,40,44). The van der Waals surface area contributed by atoms with Crippen molar-refractivity contribution in [3.63, 3.8) is 0 Å². The quantitative estimate of drug-likeness (QED) is 0.161. The number of aryl methyl sites for hydroxylation is 2. The second-order valence-corrected chi connectivity index (χ2v) is 12.7. The lowest BCUT2D eigenvalue weighted by molar-refractivity contribution is -0.131. The molecular weight excluding hydrogens is 623 g/mol. The predicted octanol–water partition coefficient (Wildman–Crippen LogP) is 3.49. The highest BCUT2D eigenvalue weighted by atomic mass is 32.1. The van der Waals surface area contributed by atoms with Gasteiger partial charge in [0.05, 0.1) is 17.3 Å². The van der Waals surface area contributed by atoms with Gasteiger partial charge < -0.3 is 26.0 Å². The molecule has 11 nitrogen and oxygen atoms in total. The van der Waals surface area contributed by atoms with Crippen LogP contribution in [0.5, 0.6) is 0 Å². The molecule has 4 amide bonds. The molecule has 0 saturated carbocycles. The van der Waals surface area contributed by atoms with Gasteiger partial charge in [-0.15, -0.1) is 11.3 Å². The van der Waals surface area contributed by atoms with E-state index in [0.717, 1.165) is 11.3 Å². The van der Waals surface area contributed by atoms with Crippen LogP contribution in [0.4, 0.5) is 10.1 Å². The van der Waals surface area contributed by atoms with Crippen molar-refractivity contribution in [2.75, 3.05) is 11.9 Å². The predicted molar refractivity (Wildman–Crippen MR) is 177 cm³/mol. The summed E-state index contributed by atoms with van der Waals surface area (Å²) in [7, 11) is 1.52. The summed E-state index contributed by atoms with van der Waals surface area (Å²) in [4.78, 5) is 58.4. The molecule has 0 radical (unpaired) electrons. The first-order chi connectivity index (χ1) is 22.2. The molecule has 3 unspecified atom stereocenters. The summed E-state index contributed by atoms with van der Waals surface area (Å²) < 4.78 is 14.5. The number of benzene rings is 2. The van der Waals surface area contributed by atoms with Crippen molar-refractivity contribution >= 4 is 40.7 Å². The number of nitriles is 1. The maximum atomic E-state index is 14.5. The first kappa shape index (κ1) is 36.5. The summed E-state index contributed by atoms with van der Waals surface area (Å²) in [6, 6.07) is 10.6. The number of rotatable bonds is 13. The molecule has 3 rings (SSSR count). The highest BCUT2D eigenvalue weighted by molar-refractivity contribution is 7.13. The number of allylic oxidation sites excluding steroid dienone is 1. The number of halogens is 1. The van der Waals surface area contributed by atoms with Crippen LogP contribution in [0.3, 0.4) is 0 Å². The lowest BCUT2D eigenvalue weighted by Crippen LogP contribution is -2.57. The number of amides is 4. The van der Waals surface area contributed by atoms with E-state index in [-0.39, 0.29) is 34.9 Å². The Morgan fingerprint density at radius 2 is 1.81 bits per heavy atom. The van der Waals surface area contributed by atoms with Gasteiger partial charge in [0.25, 0.3) is 11.8 Å². The Balaban J connectivity index is 1.88. The molecule has 1 aromatic heterocycles. The number of thiazole rings is 1. The number of carbonyl (C=O) groups excluding carboxylic acids is 4. The minimum Gasteiger partial charge on any atom is -0.391 e. The Hall–Kier alpha value is -4.93. The topological polar surface area (TPSA) is 165 Å². The number of aliphatic hydroxyl groups excluding tert-OH is 1. The van der Waals surface area contributed by atoms with Crippen LogP contribution >= 0.6 is 11.3 Å². The van der Waals surface area contributed by atoms with Gasteiger partial charge in [-0.05, 0) is 56.0 Å². The maximum absolute atomic E-state index is 14.5. The monoisotopic (exact) mass is 662 g/mol. The fourth-order valence-corrected chi connectivity index (χ4v) is 5.25. The van der Waals surface area contributed by atoms with E-state index < -0.39 is 47.6 Å². The molecule has 13 heteroatoms. The Kier molecular flexibility index (Phi) is 12.9. The van der Waals surface area contributed by atoms with Crippen molar-refractivity contribution in [2.45, 2.75) is 65.8 Å². The molecule has 1 heterocycles. The lowest BCUT2D eigenvalue weighted by Gasteiger charge is -2.25. The van der Waals surface area contributed by atoms with E-state index in [1.807, 2.05) is 19.9 Å². The van der Waals surface area contributed by atoms with Crippen molar-refractivity contribution in [3.8, 4) is 6.07 Å². The molecule has 4 N–H and O–H groups in total. The average Bonchev–Trinajstić information content (AvgIpc) is 3.46. The highest BCUT2D eigenvalue weighted by Gasteiger charge is 2.31. The van der Waals surface area contributed by atoms with E-state index in [9.17, 15) is 33.9 Å². The van der Waals surface area contributed by atoms with Crippen molar-refractivity contribution in [1.29, 1.82) is 5.26 Å². The Morgan fingerprint density at radius 3 is 2.40 bits per heavy atom. The van der Waals surface area contributed by atoms with Gasteiger partial charge in [-0.25, -0.2) is 9.37 Å². The minimum absolute atomic E-state index is 0.0135. The zero-order valence-corrected chi connectivity index (χ0v) is 27.9. The van der Waals surface area contributed by atoms with Gasteiger partial charge in [-0.2, -0.15) is 5.26 Å².